The van der Waals surface area contributed by atoms with E-state index in [0.29, 0.717) is 17.4 Å². The van der Waals surface area contributed by atoms with Gasteiger partial charge in [0.2, 0.25) is 0 Å². The van der Waals surface area contributed by atoms with E-state index in [1.54, 1.807) is 30.3 Å². The van der Waals surface area contributed by atoms with E-state index in [0.717, 1.165) is 5.56 Å². The van der Waals surface area contributed by atoms with Crippen molar-refractivity contribution in [1.82, 2.24) is 5.32 Å². The monoisotopic (exact) mass is 313 g/mol. The number of hydrogen-bond donors (Lipinski definition) is 2. The van der Waals surface area contributed by atoms with Crippen molar-refractivity contribution in [3.63, 3.8) is 0 Å². The smallest absolute Gasteiger partial charge is 0.251 e. The third kappa shape index (κ3) is 3.69. The Labute approximate surface area is 134 Å². The fourth-order valence-electron chi connectivity index (χ4n) is 2.23. The number of methoxy groups -OCH3 is 1. The molecule has 120 valence electrons. The fourth-order valence-corrected chi connectivity index (χ4v) is 2.23. The van der Waals surface area contributed by atoms with E-state index in [1.807, 2.05) is 19.9 Å². The minimum atomic E-state index is -0.194. The van der Waals surface area contributed by atoms with Crippen LogP contribution in [0.1, 0.15) is 34.6 Å². The summed E-state index contributed by atoms with van der Waals surface area (Å²) in [6.45, 7) is 3.78. The van der Waals surface area contributed by atoms with Crippen LogP contribution in [0.3, 0.4) is 0 Å². The molecule has 2 aromatic rings. The highest BCUT2D eigenvalue weighted by Crippen LogP contribution is 2.34. The van der Waals surface area contributed by atoms with E-state index in [1.165, 1.54) is 7.11 Å². The third-order valence-corrected chi connectivity index (χ3v) is 3.33. The van der Waals surface area contributed by atoms with Gasteiger partial charge in [0, 0.05) is 11.6 Å². The molecule has 1 amide bonds. The maximum atomic E-state index is 12.1. The Morgan fingerprint density at radius 2 is 1.96 bits per heavy atom. The first-order valence-corrected chi connectivity index (χ1v) is 7.23. The quantitative estimate of drug-likeness (QED) is 0.832. The molecule has 5 nitrogen and oxygen atoms in total. The fraction of sp³-hybridized carbons (Fsp3) is 0.222. The number of rotatable bonds is 5. The summed E-state index contributed by atoms with van der Waals surface area (Å²) in [5, 5.41) is 12.7. The number of aldehydes is 1. The van der Waals surface area contributed by atoms with E-state index < -0.39 is 0 Å². The van der Waals surface area contributed by atoms with Gasteiger partial charge in [-0.1, -0.05) is 12.1 Å². The van der Waals surface area contributed by atoms with Crippen molar-refractivity contribution in [3.8, 4) is 22.6 Å². The normalized spacial score (nSPS) is 10.4. The van der Waals surface area contributed by atoms with Gasteiger partial charge in [-0.3, -0.25) is 9.59 Å². The Kier molecular flexibility index (Phi) is 5.01. The summed E-state index contributed by atoms with van der Waals surface area (Å²) in [5.74, 6) is -0.148. The van der Waals surface area contributed by atoms with E-state index in [2.05, 4.69) is 5.32 Å². The number of carbonyl (C=O) groups excluding carboxylic acids is 2. The second-order valence-electron chi connectivity index (χ2n) is 5.44. The van der Waals surface area contributed by atoms with Crippen LogP contribution in [0.4, 0.5) is 0 Å². The molecule has 5 heteroatoms. The maximum absolute atomic E-state index is 12.1. The molecule has 0 aromatic heterocycles. The van der Waals surface area contributed by atoms with Crippen LogP contribution in [-0.4, -0.2) is 30.5 Å². The van der Waals surface area contributed by atoms with Crippen LogP contribution < -0.4 is 10.1 Å². The van der Waals surface area contributed by atoms with Gasteiger partial charge < -0.3 is 15.2 Å². The van der Waals surface area contributed by atoms with Crippen LogP contribution in [-0.2, 0) is 0 Å². The average molecular weight is 313 g/mol. The number of phenols is 1. The molecule has 0 radical (unpaired) electrons. The molecule has 0 bridgehead atoms. The summed E-state index contributed by atoms with van der Waals surface area (Å²) < 4.78 is 5.09. The van der Waals surface area contributed by atoms with E-state index in [9.17, 15) is 14.7 Å². The first kappa shape index (κ1) is 16.5. The Morgan fingerprint density at radius 3 is 2.57 bits per heavy atom. The maximum Gasteiger partial charge on any atom is 0.251 e. The van der Waals surface area contributed by atoms with Gasteiger partial charge in [0.15, 0.2) is 17.8 Å². The van der Waals surface area contributed by atoms with Gasteiger partial charge in [-0.05, 0) is 49.2 Å². The lowest BCUT2D eigenvalue weighted by Gasteiger charge is -2.11. The summed E-state index contributed by atoms with van der Waals surface area (Å²) in [4.78, 5) is 23.2. The second-order valence-corrected chi connectivity index (χ2v) is 5.44. The van der Waals surface area contributed by atoms with Gasteiger partial charge in [0.1, 0.15) is 0 Å². The molecule has 0 fully saturated rings. The summed E-state index contributed by atoms with van der Waals surface area (Å²) in [6, 6.07) is 10.3. The molecule has 0 aliphatic heterocycles. The van der Waals surface area contributed by atoms with Gasteiger partial charge >= 0.3 is 0 Å². The van der Waals surface area contributed by atoms with Gasteiger partial charge in [-0.2, -0.15) is 0 Å². The van der Waals surface area contributed by atoms with Crippen LogP contribution in [0.2, 0.25) is 0 Å². The van der Waals surface area contributed by atoms with Gasteiger partial charge in [-0.15, -0.1) is 0 Å². The highest BCUT2D eigenvalue weighted by Gasteiger charge is 2.13. The van der Waals surface area contributed by atoms with Gasteiger partial charge in [0.25, 0.3) is 5.91 Å². The molecule has 0 spiro atoms. The highest BCUT2D eigenvalue weighted by atomic mass is 16.5. The van der Waals surface area contributed by atoms with Crippen LogP contribution in [0, 0.1) is 0 Å². The first-order chi connectivity index (χ1) is 11.0. The number of carbonyl (C=O) groups is 2. The summed E-state index contributed by atoms with van der Waals surface area (Å²) in [6.07, 6.45) is 0.566. The summed E-state index contributed by atoms with van der Waals surface area (Å²) in [7, 11) is 1.42. The largest absolute Gasteiger partial charge is 0.504 e. The predicted octanol–water partition coefficient (Wildman–Crippen LogP) is 3.02. The zero-order valence-electron chi connectivity index (χ0n) is 13.3. The number of aromatic hydroxyl groups is 1. The van der Waals surface area contributed by atoms with E-state index in [-0.39, 0.29) is 29.0 Å². The molecule has 0 aliphatic carbocycles. The molecule has 23 heavy (non-hydrogen) atoms. The molecule has 0 heterocycles. The lowest BCUT2D eigenvalue weighted by atomic mass is 10.00. The molecule has 2 rings (SSSR count). The lowest BCUT2D eigenvalue weighted by molar-refractivity contribution is 0.0942. The first-order valence-electron chi connectivity index (χ1n) is 7.23. The van der Waals surface area contributed by atoms with E-state index in [4.69, 9.17) is 4.74 Å². The number of phenolic OH excluding ortho intramolecular Hbond substituents is 1. The molecule has 0 saturated heterocycles. The van der Waals surface area contributed by atoms with Crippen LogP contribution in [0.15, 0.2) is 36.4 Å². The average Bonchev–Trinajstić information content (AvgIpc) is 2.54. The molecular weight excluding hydrogens is 294 g/mol. The van der Waals surface area contributed by atoms with Gasteiger partial charge in [-0.25, -0.2) is 0 Å². The van der Waals surface area contributed by atoms with Crippen molar-refractivity contribution in [2.24, 2.45) is 0 Å². The topological polar surface area (TPSA) is 75.6 Å². The third-order valence-electron chi connectivity index (χ3n) is 3.33. The molecule has 0 aliphatic rings. The molecule has 2 N–H and O–H groups in total. The number of hydrogen-bond acceptors (Lipinski definition) is 4. The van der Waals surface area contributed by atoms with Crippen LogP contribution >= 0.6 is 0 Å². The predicted molar refractivity (Wildman–Crippen MR) is 88.1 cm³/mol. The Hall–Kier alpha value is -2.82. The highest BCUT2D eigenvalue weighted by molar-refractivity contribution is 5.96. The van der Waals surface area contributed by atoms with Crippen molar-refractivity contribution in [2.75, 3.05) is 7.11 Å². The lowest BCUT2D eigenvalue weighted by Crippen LogP contribution is -2.30. The minimum Gasteiger partial charge on any atom is -0.504 e. The van der Waals surface area contributed by atoms with Crippen LogP contribution in [0.25, 0.3) is 11.1 Å². The van der Waals surface area contributed by atoms with Crippen molar-refractivity contribution >= 4 is 12.2 Å². The number of benzene rings is 2. The SMILES string of the molecule is COc1cc(-c2cccc(C(=O)NC(C)C)c2)cc(C=O)c1O. The number of nitrogens with one attached hydrogen (secondary N) is 1. The number of ether oxygens (including phenoxy) is 1. The molecular formula is C18H19NO4. The Balaban J connectivity index is 2.47. The number of amides is 1. The zero-order chi connectivity index (χ0) is 17.0. The zero-order valence-corrected chi connectivity index (χ0v) is 13.3. The van der Waals surface area contributed by atoms with Gasteiger partial charge in [0.05, 0.1) is 12.7 Å². The Bertz CT molecular complexity index is 738. The van der Waals surface area contributed by atoms with E-state index >= 15 is 0 Å². The summed E-state index contributed by atoms with van der Waals surface area (Å²) in [5.41, 5.74) is 2.09. The second kappa shape index (κ2) is 6.96. The summed E-state index contributed by atoms with van der Waals surface area (Å²) >= 11 is 0. The van der Waals surface area contributed by atoms with Crippen molar-refractivity contribution in [3.05, 3.63) is 47.5 Å². The van der Waals surface area contributed by atoms with Crippen molar-refractivity contribution < 1.29 is 19.4 Å². The van der Waals surface area contributed by atoms with Crippen molar-refractivity contribution in [2.45, 2.75) is 19.9 Å². The minimum absolute atomic E-state index is 0.0431. The van der Waals surface area contributed by atoms with Crippen molar-refractivity contribution in [1.29, 1.82) is 0 Å². The standard InChI is InChI=1S/C18H19NO4/c1-11(2)19-18(22)13-6-4-5-12(7-13)14-8-15(10-20)17(21)16(9-14)23-3/h4-11,21H,1-3H3,(H,19,22). The van der Waals surface area contributed by atoms with Crippen LogP contribution in [0.5, 0.6) is 11.5 Å². The molecule has 0 saturated carbocycles. The molecule has 0 atom stereocenters. The molecule has 2 aromatic carbocycles. The Morgan fingerprint density at radius 1 is 1.22 bits per heavy atom. The molecule has 0 unspecified atom stereocenters.